The largest absolute Gasteiger partial charge is 0.462 e. The lowest BCUT2D eigenvalue weighted by molar-refractivity contribution is -0.125. The van der Waals surface area contributed by atoms with Crippen LogP contribution in [0.2, 0.25) is 0 Å². The summed E-state index contributed by atoms with van der Waals surface area (Å²) in [6, 6.07) is 6.28. The number of esters is 1. The first-order valence-corrected chi connectivity index (χ1v) is 6.89. The molecule has 1 aromatic carbocycles. The predicted octanol–water partition coefficient (Wildman–Crippen LogP) is 1.17. The third-order valence-corrected chi connectivity index (χ3v) is 3.67. The molecule has 114 valence electrons. The van der Waals surface area contributed by atoms with E-state index in [-0.39, 0.29) is 18.6 Å². The van der Waals surface area contributed by atoms with Crippen LogP contribution in [0.25, 0.3) is 0 Å². The molecule has 1 aliphatic heterocycles. The molecule has 21 heavy (non-hydrogen) atoms. The smallest absolute Gasteiger partial charge is 0.338 e. The van der Waals surface area contributed by atoms with Gasteiger partial charge in [-0.05, 0) is 32.0 Å². The minimum atomic E-state index is -0.764. The highest BCUT2D eigenvalue weighted by Crippen LogP contribution is 2.28. The summed E-state index contributed by atoms with van der Waals surface area (Å²) in [6.07, 6.45) is 0. The van der Waals surface area contributed by atoms with Gasteiger partial charge in [-0.15, -0.1) is 0 Å². The van der Waals surface area contributed by atoms with Crippen LogP contribution in [-0.4, -0.2) is 37.7 Å². The second-order valence-corrected chi connectivity index (χ2v) is 5.29. The maximum absolute atomic E-state index is 12.4. The minimum Gasteiger partial charge on any atom is -0.462 e. The average molecular weight is 292 g/mol. The van der Waals surface area contributed by atoms with Gasteiger partial charge in [0, 0.05) is 11.7 Å². The zero-order chi connectivity index (χ0) is 15.5. The maximum Gasteiger partial charge on any atom is 0.338 e. The Balaban J connectivity index is 2.11. The lowest BCUT2D eigenvalue weighted by atomic mass is 9.85. The van der Waals surface area contributed by atoms with Crippen molar-refractivity contribution >= 4 is 17.6 Å². The Morgan fingerprint density at radius 3 is 2.90 bits per heavy atom. The number of carbonyl (C=O) groups is 2. The van der Waals surface area contributed by atoms with Gasteiger partial charge >= 0.3 is 5.97 Å². The van der Waals surface area contributed by atoms with Crippen LogP contribution in [0.5, 0.6) is 0 Å². The Morgan fingerprint density at radius 1 is 1.52 bits per heavy atom. The molecule has 0 aliphatic carbocycles. The standard InChI is InChI=1S/C15H20N2O4/c1-3-21-13(18)10-5-4-6-11(7-10)17-14(19)15(2)9-20-8-12(15)16/h4-7,12H,3,8-9,16H2,1-2H3,(H,17,19). The number of carbonyl (C=O) groups excluding carboxylic acids is 2. The predicted molar refractivity (Wildman–Crippen MR) is 77.9 cm³/mol. The Labute approximate surface area is 123 Å². The van der Waals surface area contributed by atoms with Gasteiger partial charge in [0.05, 0.1) is 30.8 Å². The lowest BCUT2D eigenvalue weighted by Gasteiger charge is -2.25. The van der Waals surface area contributed by atoms with Crippen LogP contribution in [0.15, 0.2) is 24.3 Å². The van der Waals surface area contributed by atoms with Gasteiger partial charge in [0.25, 0.3) is 0 Å². The zero-order valence-corrected chi connectivity index (χ0v) is 12.2. The SMILES string of the molecule is CCOC(=O)c1cccc(NC(=O)C2(C)COCC2N)c1. The van der Waals surface area contributed by atoms with Gasteiger partial charge in [0.1, 0.15) is 0 Å². The molecular weight excluding hydrogens is 272 g/mol. The van der Waals surface area contributed by atoms with Crippen molar-refractivity contribution < 1.29 is 19.1 Å². The number of nitrogens with two attached hydrogens (primary N) is 1. The molecule has 2 unspecified atom stereocenters. The first-order chi connectivity index (χ1) is 9.97. The summed E-state index contributed by atoms with van der Waals surface area (Å²) >= 11 is 0. The van der Waals surface area contributed by atoms with Crippen molar-refractivity contribution in [2.45, 2.75) is 19.9 Å². The highest BCUT2D eigenvalue weighted by molar-refractivity contribution is 5.97. The normalized spacial score (nSPS) is 24.6. The van der Waals surface area contributed by atoms with Crippen molar-refractivity contribution in [2.24, 2.45) is 11.1 Å². The van der Waals surface area contributed by atoms with E-state index in [0.29, 0.717) is 24.5 Å². The Kier molecular flexibility index (Phi) is 4.59. The van der Waals surface area contributed by atoms with Crippen molar-refractivity contribution in [3.05, 3.63) is 29.8 Å². The molecule has 1 fully saturated rings. The van der Waals surface area contributed by atoms with Gasteiger partial charge in [-0.1, -0.05) is 6.07 Å². The van der Waals surface area contributed by atoms with Crippen LogP contribution in [-0.2, 0) is 14.3 Å². The molecule has 0 bridgehead atoms. The van der Waals surface area contributed by atoms with E-state index >= 15 is 0 Å². The van der Waals surface area contributed by atoms with E-state index in [9.17, 15) is 9.59 Å². The summed E-state index contributed by atoms with van der Waals surface area (Å²) in [6.45, 7) is 4.48. The first kappa shape index (κ1) is 15.5. The van der Waals surface area contributed by atoms with Crippen molar-refractivity contribution in [1.82, 2.24) is 0 Å². The third-order valence-electron chi connectivity index (χ3n) is 3.67. The third kappa shape index (κ3) is 3.22. The van der Waals surface area contributed by atoms with Crippen LogP contribution >= 0.6 is 0 Å². The molecule has 1 aliphatic rings. The fourth-order valence-corrected chi connectivity index (χ4v) is 2.14. The van der Waals surface area contributed by atoms with Crippen molar-refractivity contribution in [3.8, 4) is 0 Å². The number of ether oxygens (including phenoxy) is 2. The summed E-state index contributed by atoms with van der Waals surface area (Å²) in [7, 11) is 0. The number of rotatable bonds is 4. The van der Waals surface area contributed by atoms with Crippen LogP contribution in [0, 0.1) is 5.41 Å². The lowest BCUT2D eigenvalue weighted by Crippen LogP contribution is -2.47. The molecule has 6 heteroatoms. The molecule has 0 radical (unpaired) electrons. The number of anilines is 1. The van der Waals surface area contributed by atoms with Gasteiger partial charge in [-0.2, -0.15) is 0 Å². The number of nitrogens with one attached hydrogen (secondary N) is 1. The van der Waals surface area contributed by atoms with Gasteiger partial charge < -0.3 is 20.5 Å². The van der Waals surface area contributed by atoms with Crippen LogP contribution in [0.3, 0.4) is 0 Å². The van der Waals surface area contributed by atoms with Crippen LogP contribution in [0.1, 0.15) is 24.2 Å². The number of hydrogen-bond donors (Lipinski definition) is 2. The summed E-state index contributed by atoms with van der Waals surface area (Å²) in [4.78, 5) is 24.0. The van der Waals surface area contributed by atoms with E-state index in [1.54, 1.807) is 38.1 Å². The van der Waals surface area contributed by atoms with Gasteiger partial charge in [0.2, 0.25) is 5.91 Å². The molecule has 0 spiro atoms. The van der Waals surface area contributed by atoms with Crippen LogP contribution < -0.4 is 11.1 Å². The first-order valence-electron chi connectivity index (χ1n) is 6.89. The Hall–Kier alpha value is -1.92. The number of amides is 1. The molecule has 2 atom stereocenters. The molecule has 6 nitrogen and oxygen atoms in total. The van der Waals surface area contributed by atoms with Gasteiger partial charge in [0.15, 0.2) is 0 Å². The summed E-state index contributed by atoms with van der Waals surface area (Å²) < 4.78 is 10.2. The van der Waals surface area contributed by atoms with Gasteiger partial charge in [-0.25, -0.2) is 4.79 Å². The van der Waals surface area contributed by atoms with Crippen molar-refractivity contribution in [2.75, 3.05) is 25.1 Å². The van der Waals surface area contributed by atoms with Crippen molar-refractivity contribution in [3.63, 3.8) is 0 Å². The van der Waals surface area contributed by atoms with Crippen LogP contribution in [0.4, 0.5) is 5.69 Å². The molecule has 0 saturated carbocycles. The summed E-state index contributed by atoms with van der Waals surface area (Å²) in [5.41, 5.74) is 6.09. The maximum atomic E-state index is 12.4. The highest BCUT2D eigenvalue weighted by atomic mass is 16.5. The quantitative estimate of drug-likeness (QED) is 0.813. The van der Waals surface area contributed by atoms with E-state index < -0.39 is 11.4 Å². The molecule has 0 aromatic heterocycles. The summed E-state index contributed by atoms with van der Waals surface area (Å²) in [5.74, 6) is -0.630. The Bertz CT molecular complexity index is 546. The van der Waals surface area contributed by atoms with E-state index in [1.165, 1.54) is 0 Å². The highest BCUT2D eigenvalue weighted by Gasteiger charge is 2.44. The monoisotopic (exact) mass is 292 g/mol. The van der Waals surface area contributed by atoms with Crippen molar-refractivity contribution in [1.29, 1.82) is 0 Å². The Morgan fingerprint density at radius 2 is 2.29 bits per heavy atom. The second-order valence-electron chi connectivity index (χ2n) is 5.29. The molecule has 3 N–H and O–H groups in total. The minimum absolute atomic E-state index is 0.214. The molecule has 1 aromatic rings. The molecule has 1 heterocycles. The zero-order valence-electron chi connectivity index (χ0n) is 12.2. The molecule has 1 saturated heterocycles. The van der Waals surface area contributed by atoms with E-state index in [2.05, 4.69) is 5.32 Å². The van der Waals surface area contributed by atoms with E-state index in [0.717, 1.165) is 0 Å². The number of hydrogen-bond acceptors (Lipinski definition) is 5. The summed E-state index contributed by atoms with van der Waals surface area (Å²) in [5, 5.41) is 2.79. The molecular formula is C15H20N2O4. The van der Waals surface area contributed by atoms with E-state index in [1.807, 2.05) is 0 Å². The molecule has 2 rings (SSSR count). The molecule has 1 amide bonds. The fourth-order valence-electron chi connectivity index (χ4n) is 2.14. The fraction of sp³-hybridized carbons (Fsp3) is 0.467. The topological polar surface area (TPSA) is 90.6 Å². The average Bonchev–Trinajstić information content (AvgIpc) is 2.80. The number of benzene rings is 1. The second kappa shape index (κ2) is 6.24. The van der Waals surface area contributed by atoms with E-state index in [4.69, 9.17) is 15.2 Å². The van der Waals surface area contributed by atoms with Gasteiger partial charge in [-0.3, -0.25) is 4.79 Å².